The number of halogens is 1. The second-order valence-electron chi connectivity index (χ2n) is 6.11. The molecule has 0 fully saturated rings. The molecule has 6 nitrogen and oxygen atoms in total. The molecule has 142 valence electrons. The summed E-state index contributed by atoms with van der Waals surface area (Å²) in [7, 11) is -3.43. The topological polar surface area (TPSA) is 101 Å². The van der Waals surface area contributed by atoms with Gasteiger partial charge in [-0.05, 0) is 49.2 Å². The predicted molar refractivity (Wildman–Crippen MR) is 107 cm³/mol. The van der Waals surface area contributed by atoms with Crippen LogP contribution in [0, 0.1) is 0 Å². The van der Waals surface area contributed by atoms with Crippen LogP contribution < -0.4 is 15.8 Å². The number of nitrogens with two attached hydrogens (primary N) is 1. The van der Waals surface area contributed by atoms with E-state index in [-0.39, 0.29) is 36.7 Å². The summed E-state index contributed by atoms with van der Waals surface area (Å²) < 4.78 is 26.9. The van der Waals surface area contributed by atoms with Crippen LogP contribution in [0.1, 0.15) is 35.3 Å². The molecule has 1 amide bonds. The van der Waals surface area contributed by atoms with Gasteiger partial charge in [0.05, 0.1) is 5.75 Å². The van der Waals surface area contributed by atoms with E-state index in [1.807, 2.05) is 12.1 Å². The lowest BCUT2D eigenvalue weighted by atomic mass is 10.1. The maximum absolute atomic E-state index is 12.2. The van der Waals surface area contributed by atoms with Gasteiger partial charge >= 0.3 is 0 Å². The lowest BCUT2D eigenvalue weighted by molar-refractivity contribution is 0.0951. The van der Waals surface area contributed by atoms with E-state index in [2.05, 4.69) is 10.0 Å². The Morgan fingerprint density at radius 2 is 1.62 bits per heavy atom. The number of sulfonamides is 1. The van der Waals surface area contributed by atoms with E-state index in [4.69, 9.17) is 5.73 Å². The van der Waals surface area contributed by atoms with Crippen LogP contribution in [0.2, 0.25) is 0 Å². The second-order valence-corrected chi connectivity index (χ2v) is 7.86. The third kappa shape index (κ3) is 6.67. The Balaban J connectivity index is 0.00000338. The van der Waals surface area contributed by atoms with Crippen molar-refractivity contribution in [3.63, 3.8) is 0 Å². The van der Waals surface area contributed by atoms with E-state index in [1.165, 1.54) is 0 Å². The van der Waals surface area contributed by atoms with Crippen molar-refractivity contribution in [1.29, 1.82) is 0 Å². The van der Waals surface area contributed by atoms with Crippen LogP contribution in [-0.4, -0.2) is 20.4 Å². The van der Waals surface area contributed by atoms with Crippen molar-refractivity contribution >= 4 is 34.0 Å². The number of hydrogen-bond donors (Lipinski definition) is 3. The third-order valence-corrected chi connectivity index (χ3v) is 5.01. The standard InChI is InChI=1S/C18H23N3O3S.ClH/c1-13(2)21-25(23,24)12-16-6-4-3-5-15(16)11-20-18(22)14-7-9-17(19)10-8-14;/h3-10,13,21H,11-12,19H2,1-2H3,(H,20,22);1H. The largest absolute Gasteiger partial charge is 0.399 e. The lowest BCUT2D eigenvalue weighted by Gasteiger charge is -2.13. The maximum Gasteiger partial charge on any atom is 0.251 e. The molecule has 0 bridgehead atoms. The maximum atomic E-state index is 12.2. The van der Waals surface area contributed by atoms with Crippen LogP contribution in [0.15, 0.2) is 48.5 Å². The molecule has 0 saturated heterocycles. The lowest BCUT2D eigenvalue weighted by Crippen LogP contribution is -2.31. The number of benzene rings is 2. The highest BCUT2D eigenvalue weighted by Gasteiger charge is 2.15. The van der Waals surface area contributed by atoms with Crippen LogP contribution in [-0.2, 0) is 22.3 Å². The average Bonchev–Trinajstić information content (AvgIpc) is 2.52. The summed E-state index contributed by atoms with van der Waals surface area (Å²) >= 11 is 0. The van der Waals surface area contributed by atoms with Crippen molar-refractivity contribution in [3.05, 3.63) is 65.2 Å². The van der Waals surface area contributed by atoms with Gasteiger partial charge in [0.1, 0.15) is 0 Å². The van der Waals surface area contributed by atoms with Crippen molar-refractivity contribution in [1.82, 2.24) is 10.0 Å². The molecule has 0 aromatic heterocycles. The number of carbonyl (C=O) groups is 1. The molecule has 8 heteroatoms. The second kappa shape index (κ2) is 9.56. The van der Waals surface area contributed by atoms with Crippen LogP contribution in [0.3, 0.4) is 0 Å². The van der Waals surface area contributed by atoms with Crippen LogP contribution in [0.25, 0.3) is 0 Å². The summed E-state index contributed by atoms with van der Waals surface area (Å²) in [4.78, 5) is 12.2. The Hall–Kier alpha value is -2.09. The van der Waals surface area contributed by atoms with Gasteiger partial charge in [0, 0.05) is 23.8 Å². The fourth-order valence-corrected chi connectivity index (χ4v) is 3.88. The number of amides is 1. The molecule has 2 aromatic carbocycles. The minimum atomic E-state index is -3.43. The summed E-state index contributed by atoms with van der Waals surface area (Å²) in [6.07, 6.45) is 0. The normalized spacial score (nSPS) is 11.0. The molecule has 4 N–H and O–H groups in total. The summed E-state index contributed by atoms with van der Waals surface area (Å²) in [5.74, 6) is -0.364. The van der Waals surface area contributed by atoms with Crippen molar-refractivity contribution in [3.8, 4) is 0 Å². The van der Waals surface area contributed by atoms with Gasteiger partial charge in [-0.1, -0.05) is 24.3 Å². The van der Waals surface area contributed by atoms with E-state index in [0.717, 1.165) is 5.56 Å². The Morgan fingerprint density at radius 1 is 1.04 bits per heavy atom. The van der Waals surface area contributed by atoms with Crippen molar-refractivity contribution in [2.75, 3.05) is 5.73 Å². The van der Waals surface area contributed by atoms with Gasteiger partial charge in [0.15, 0.2) is 0 Å². The number of carbonyl (C=O) groups excluding carboxylic acids is 1. The number of hydrogen-bond acceptors (Lipinski definition) is 4. The Kier molecular flexibility index (Phi) is 8.08. The van der Waals surface area contributed by atoms with Gasteiger partial charge in [-0.15, -0.1) is 12.4 Å². The minimum absolute atomic E-state index is 0. The van der Waals surface area contributed by atoms with Gasteiger partial charge in [-0.25, -0.2) is 13.1 Å². The van der Waals surface area contributed by atoms with Crippen molar-refractivity contribution in [2.45, 2.75) is 32.2 Å². The molecule has 0 spiro atoms. The van der Waals surface area contributed by atoms with E-state index >= 15 is 0 Å². The third-order valence-electron chi connectivity index (χ3n) is 3.49. The Bertz CT molecular complexity index is 837. The number of anilines is 1. The van der Waals surface area contributed by atoms with Crippen molar-refractivity contribution in [2.24, 2.45) is 0 Å². The molecule has 2 aromatic rings. The number of nitrogen functional groups attached to an aromatic ring is 1. The summed E-state index contributed by atoms with van der Waals surface area (Å²) in [5.41, 5.74) is 8.12. The first-order valence-corrected chi connectivity index (χ1v) is 9.62. The van der Waals surface area contributed by atoms with Crippen LogP contribution in [0.4, 0.5) is 5.69 Å². The van der Waals surface area contributed by atoms with Gasteiger partial charge in [0.25, 0.3) is 5.91 Å². The van der Waals surface area contributed by atoms with Gasteiger partial charge in [-0.2, -0.15) is 0 Å². The molecule has 2 rings (SSSR count). The number of rotatable bonds is 7. The molecule has 0 atom stereocenters. The summed E-state index contributed by atoms with van der Waals surface area (Å²) in [5, 5.41) is 2.81. The summed E-state index contributed by atoms with van der Waals surface area (Å²) in [6, 6.07) is 13.6. The smallest absolute Gasteiger partial charge is 0.251 e. The first-order valence-electron chi connectivity index (χ1n) is 7.97. The highest BCUT2D eigenvalue weighted by Crippen LogP contribution is 2.13. The molecule has 0 aliphatic carbocycles. The van der Waals surface area contributed by atoms with E-state index in [0.29, 0.717) is 16.8 Å². The zero-order valence-corrected chi connectivity index (χ0v) is 16.4. The first kappa shape index (κ1) is 22.0. The van der Waals surface area contributed by atoms with E-state index in [9.17, 15) is 13.2 Å². The molecule has 0 heterocycles. The van der Waals surface area contributed by atoms with Crippen LogP contribution >= 0.6 is 12.4 Å². The predicted octanol–water partition coefficient (Wildman–Crippen LogP) is 2.45. The quantitative estimate of drug-likeness (QED) is 0.624. The fourth-order valence-electron chi connectivity index (χ4n) is 2.39. The van der Waals surface area contributed by atoms with E-state index in [1.54, 1.807) is 50.2 Å². The Labute approximate surface area is 160 Å². The SMILES string of the molecule is CC(C)NS(=O)(=O)Cc1ccccc1CNC(=O)c1ccc(N)cc1.Cl. The van der Waals surface area contributed by atoms with E-state index < -0.39 is 10.0 Å². The average molecular weight is 398 g/mol. The highest BCUT2D eigenvalue weighted by molar-refractivity contribution is 7.88. The molecule has 0 unspecified atom stereocenters. The van der Waals surface area contributed by atoms with Crippen LogP contribution in [0.5, 0.6) is 0 Å². The summed E-state index contributed by atoms with van der Waals surface area (Å²) in [6.45, 7) is 3.79. The highest BCUT2D eigenvalue weighted by atomic mass is 35.5. The molecule has 0 aliphatic rings. The zero-order chi connectivity index (χ0) is 18.4. The molecule has 0 radical (unpaired) electrons. The molecule has 0 saturated carbocycles. The fraction of sp³-hybridized carbons (Fsp3) is 0.278. The molecule has 0 aliphatic heterocycles. The van der Waals surface area contributed by atoms with Gasteiger partial charge in [-0.3, -0.25) is 4.79 Å². The zero-order valence-electron chi connectivity index (χ0n) is 14.7. The minimum Gasteiger partial charge on any atom is -0.399 e. The molecule has 26 heavy (non-hydrogen) atoms. The first-order chi connectivity index (χ1) is 11.8. The monoisotopic (exact) mass is 397 g/mol. The Morgan fingerprint density at radius 3 is 2.19 bits per heavy atom. The van der Waals surface area contributed by atoms with Crippen molar-refractivity contribution < 1.29 is 13.2 Å². The van der Waals surface area contributed by atoms with Gasteiger partial charge < -0.3 is 11.1 Å². The number of nitrogens with one attached hydrogen (secondary N) is 2. The molecular weight excluding hydrogens is 374 g/mol. The molecular formula is C18H24ClN3O3S. The van der Waals surface area contributed by atoms with Gasteiger partial charge in [0.2, 0.25) is 10.0 Å².